The number of nitrogens with zero attached hydrogens (tertiary/aromatic N) is 1. The second kappa shape index (κ2) is 11.2. The van der Waals surface area contributed by atoms with Crippen LogP contribution in [0.4, 0.5) is 9.18 Å². The van der Waals surface area contributed by atoms with Gasteiger partial charge in [-0.1, -0.05) is 18.2 Å². The van der Waals surface area contributed by atoms with Crippen molar-refractivity contribution in [1.29, 1.82) is 5.41 Å². The molecule has 0 unspecified atom stereocenters. The molecule has 0 spiro atoms. The molecule has 2 amide bonds. The third-order valence-electron chi connectivity index (χ3n) is 5.14. The minimum Gasteiger partial charge on any atom is -0.462 e. The minimum absolute atomic E-state index is 0.118. The summed E-state index contributed by atoms with van der Waals surface area (Å²) in [4.78, 5) is 24.6. The number of carbonyl (C=O) groups is 2. The van der Waals surface area contributed by atoms with Gasteiger partial charge in [0.05, 0.1) is 21.9 Å². The summed E-state index contributed by atoms with van der Waals surface area (Å²) >= 11 is 0. The quantitative estimate of drug-likeness (QED) is 0.219. The second-order valence-electron chi connectivity index (χ2n) is 8.57. The van der Waals surface area contributed by atoms with Gasteiger partial charge < -0.3 is 19.1 Å². The predicted molar refractivity (Wildman–Crippen MR) is 125 cm³/mol. The van der Waals surface area contributed by atoms with Crippen LogP contribution in [0.5, 0.6) is 5.75 Å². The van der Waals surface area contributed by atoms with Crippen LogP contribution in [-0.4, -0.2) is 77.3 Å². The number of aliphatic hydroxyl groups excluding tert-OH is 1. The van der Waals surface area contributed by atoms with Crippen LogP contribution in [0.25, 0.3) is 0 Å². The molecular weight excluding hydrogens is 500 g/mol. The van der Waals surface area contributed by atoms with Gasteiger partial charge in [0.15, 0.2) is 11.9 Å². The van der Waals surface area contributed by atoms with Crippen molar-refractivity contribution in [2.75, 3.05) is 13.1 Å². The smallest absolute Gasteiger partial charge is 0.459 e. The van der Waals surface area contributed by atoms with Gasteiger partial charge >= 0.3 is 19.7 Å². The van der Waals surface area contributed by atoms with Crippen molar-refractivity contribution in [3.8, 4) is 5.75 Å². The highest BCUT2D eigenvalue weighted by Gasteiger charge is 2.58. The number of carbonyl (C=O) groups excluding carboxylic acids is 2. The number of halogens is 1. The number of alkyl halides is 1. The summed E-state index contributed by atoms with van der Waals surface area (Å²) in [7, 11) is -4.37. The number of rotatable bonds is 10. The Labute approximate surface area is 210 Å². The van der Waals surface area contributed by atoms with Crippen LogP contribution in [0.3, 0.4) is 0 Å². The van der Waals surface area contributed by atoms with Gasteiger partial charge in [0, 0.05) is 0 Å². The summed E-state index contributed by atoms with van der Waals surface area (Å²) in [5.74, 6) is -1.42. The molecule has 0 bridgehead atoms. The van der Waals surface area contributed by atoms with Gasteiger partial charge in [-0.25, -0.2) is 24.2 Å². The first kappa shape index (κ1) is 25.1. The number of hydrazine groups is 1. The fourth-order valence-electron chi connectivity index (χ4n) is 3.36. The van der Waals surface area contributed by atoms with E-state index in [4.69, 9.17) is 26.7 Å². The first-order chi connectivity index (χ1) is 17.6. The highest BCUT2D eigenvalue weighted by atomic mass is 31.2. The van der Waals surface area contributed by atoms with Crippen molar-refractivity contribution in [2.45, 2.75) is 63.9 Å². The first-order valence-electron chi connectivity index (χ1n) is 12.0. The van der Waals surface area contributed by atoms with E-state index in [0.29, 0.717) is 5.01 Å². The molecule has 0 aliphatic carbocycles. The lowest BCUT2D eigenvalue weighted by molar-refractivity contribution is -0.149. The number of hydrogen-bond acceptors (Lipinski definition) is 10. The topological polar surface area (TPSA) is 172 Å². The Balaban J connectivity index is 1.77. The number of esters is 1. The van der Waals surface area contributed by atoms with Crippen LogP contribution < -0.4 is 20.4 Å². The molecule has 2 aliphatic heterocycles. The number of benzene rings is 1. The fourth-order valence-corrected chi connectivity index (χ4v) is 4.86. The minimum atomic E-state index is -4.37. The molecule has 3 rings (SSSR count). The Morgan fingerprint density at radius 1 is 1.44 bits per heavy atom. The number of ether oxygens (including phenoxy) is 2. The average molecular weight is 533 g/mol. The van der Waals surface area contributed by atoms with Gasteiger partial charge in [0.1, 0.15) is 29.8 Å². The molecule has 0 aromatic heterocycles. The monoisotopic (exact) mass is 533 g/mol. The third kappa shape index (κ3) is 6.58. The van der Waals surface area contributed by atoms with E-state index in [1.54, 1.807) is 32.0 Å². The number of urea groups is 1. The Morgan fingerprint density at radius 3 is 2.75 bits per heavy atom. The number of nitrogens with one attached hydrogen (secondary N) is 4. The Hall–Kier alpha value is -2.61. The molecule has 5 N–H and O–H groups in total. The summed E-state index contributed by atoms with van der Waals surface area (Å²) in [6.07, 6.45) is -5.75. The van der Waals surface area contributed by atoms with Gasteiger partial charge in [-0.15, -0.1) is 0 Å². The highest BCUT2D eigenvalue weighted by molar-refractivity contribution is 7.52. The zero-order valence-corrected chi connectivity index (χ0v) is 21.0. The molecule has 2 aliphatic rings. The molecule has 36 heavy (non-hydrogen) atoms. The van der Waals surface area contributed by atoms with Crippen LogP contribution >= 0.6 is 7.75 Å². The largest absolute Gasteiger partial charge is 0.462 e. The van der Waals surface area contributed by atoms with E-state index in [-0.39, 0.29) is 5.75 Å². The number of aliphatic hydroxyl groups is 1. The Bertz CT molecular complexity index is 1100. The SMILES string of the molecule is [2H]C1([2H])NN([C@@H]2O[C@H](CO[P@@](=O)(N[C@@H](C)C(=O)OC(C)C)Oc3ccccc3)[C@@H](O)[C@@]2(C)F)C(=O)NC1=N. The Kier molecular flexibility index (Phi) is 7.79. The molecule has 1 aromatic rings. The maximum absolute atomic E-state index is 15.6. The van der Waals surface area contributed by atoms with E-state index in [1.807, 2.05) is 5.32 Å². The van der Waals surface area contributed by atoms with E-state index in [0.717, 1.165) is 6.92 Å². The van der Waals surface area contributed by atoms with E-state index >= 15 is 4.39 Å². The number of para-hydroxylation sites is 1. The summed E-state index contributed by atoms with van der Waals surface area (Å²) < 4.78 is 66.3. The number of amides is 2. The molecular formula is C21H31FN5O8P. The summed E-state index contributed by atoms with van der Waals surface area (Å²) in [6, 6.07) is 5.62. The first-order valence-corrected chi connectivity index (χ1v) is 12.6. The molecule has 2 saturated heterocycles. The number of hydrogen-bond donors (Lipinski definition) is 5. The fraction of sp³-hybridized carbons (Fsp3) is 0.571. The maximum Gasteiger partial charge on any atom is 0.459 e. The lowest BCUT2D eigenvalue weighted by atomic mass is 9.98. The molecule has 15 heteroatoms. The molecule has 1 aromatic carbocycles. The van der Waals surface area contributed by atoms with Crippen molar-refractivity contribution in [3.05, 3.63) is 30.3 Å². The highest BCUT2D eigenvalue weighted by Crippen LogP contribution is 2.46. The summed E-state index contributed by atoms with van der Waals surface area (Å²) in [6.45, 7) is 2.29. The molecule has 0 radical (unpaired) electrons. The zero-order chi connectivity index (χ0) is 28.5. The van der Waals surface area contributed by atoms with Crippen molar-refractivity contribution >= 4 is 25.6 Å². The molecule has 2 fully saturated rings. The van der Waals surface area contributed by atoms with Crippen LogP contribution in [0.1, 0.15) is 30.4 Å². The maximum atomic E-state index is 15.6. The van der Waals surface area contributed by atoms with Crippen molar-refractivity contribution in [2.24, 2.45) is 0 Å². The molecule has 0 saturated carbocycles. The van der Waals surface area contributed by atoms with Crippen molar-refractivity contribution in [3.63, 3.8) is 0 Å². The van der Waals surface area contributed by atoms with Crippen LogP contribution in [0.15, 0.2) is 30.3 Å². The standard InChI is InChI=1S/C21H31FN5O8P/c1-12(2)33-18(29)13(3)26-36(31,35-14-8-6-5-7-9-14)32-11-15-17(28)21(4,22)19(34-15)27-20(30)25-16(23)10-24-27/h5-9,12-13,15,17,19,24,28H,10-11H2,1-4H3,(H,26,31)(H2,23,25,30)/t13-,15+,17+,19+,21+,36-/m0/s1/i10D2. The van der Waals surface area contributed by atoms with Crippen LogP contribution in [0, 0.1) is 5.41 Å². The van der Waals surface area contributed by atoms with Gasteiger partial charge in [0.25, 0.3) is 0 Å². The summed E-state index contributed by atoms with van der Waals surface area (Å²) in [5.41, 5.74) is -0.593. The molecule has 6 atom stereocenters. The average Bonchev–Trinajstić information content (AvgIpc) is 3.04. The van der Waals surface area contributed by atoms with E-state index in [1.165, 1.54) is 19.1 Å². The van der Waals surface area contributed by atoms with E-state index in [2.05, 4.69) is 10.5 Å². The van der Waals surface area contributed by atoms with Gasteiger partial charge in [0.2, 0.25) is 0 Å². The number of amidine groups is 1. The third-order valence-corrected chi connectivity index (χ3v) is 6.78. The summed E-state index contributed by atoms with van der Waals surface area (Å²) in [5, 5.41) is 23.0. The van der Waals surface area contributed by atoms with Crippen molar-refractivity contribution in [1.82, 2.24) is 20.8 Å². The predicted octanol–water partition coefficient (Wildman–Crippen LogP) is 1.44. The Morgan fingerprint density at radius 2 is 2.11 bits per heavy atom. The van der Waals surface area contributed by atoms with Gasteiger partial charge in [-0.3, -0.25) is 20.0 Å². The lowest BCUT2D eigenvalue weighted by Gasteiger charge is -2.36. The second-order valence-corrected chi connectivity index (χ2v) is 10.3. The van der Waals surface area contributed by atoms with Crippen molar-refractivity contribution < 1.29 is 44.9 Å². The van der Waals surface area contributed by atoms with Crippen LogP contribution in [0.2, 0.25) is 0 Å². The van der Waals surface area contributed by atoms with Crippen LogP contribution in [-0.2, 0) is 23.4 Å². The zero-order valence-electron chi connectivity index (χ0n) is 22.1. The molecule has 200 valence electrons. The van der Waals surface area contributed by atoms with Gasteiger partial charge in [-0.05, 0) is 39.8 Å². The van der Waals surface area contributed by atoms with Gasteiger partial charge in [-0.2, -0.15) is 5.09 Å². The van der Waals surface area contributed by atoms with E-state index < -0.39 is 74.9 Å². The molecule has 13 nitrogen and oxygen atoms in total. The lowest BCUT2D eigenvalue weighted by Crippen LogP contribution is -2.65. The normalized spacial score (nSPS) is 31.2. The van der Waals surface area contributed by atoms with E-state index in [9.17, 15) is 19.3 Å². The molecule has 2 heterocycles.